The Morgan fingerprint density at radius 2 is 1.97 bits per heavy atom. The first-order chi connectivity index (χ1) is 15.0. The third-order valence-corrected chi connectivity index (χ3v) is 8.77. The van der Waals surface area contributed by atoms with E-state index in [1.807, 2.05) is 12.4 Å². The van der Waals surface area contributed by atoms with E-state index in [0.717, 1.165) is 55.9 Å². The van der Waals surface area contributed by atoms with Crippen LogP contribution in [0.4, 0.5) is 0 Å². The molecule has 0 aliphatic heterocycles. The number of rotatable bonds is 1. The van der Waals surface area contributed by atoms with Crippen molar-refractivity contribution in [1.29, 1.82) is 0 Å². The molecule has 0 amide bonds. The zero-order valence-electron chi connectivity index (χ0n) is 18.2. The summed E-state index contributed by atoms with van der Waals surface area (Å²) in [6.07, 6.45) is 16.9. The van der Waals surface area contributed by atoms with Gasteiger partial charge in [-0.2, -0.15) is 0 Å². The van der Waals surface area contributed by atoms with E-state index in [0.29, 0.717) is 5.92 Å². The van der Waals surface area contributed by atoms with Crippen molar-refractivity contribution in [3.63, 3.8) is 0 Å². The highest BCUT2D eigenvalue weighted by Crippen LogP contribution is 2.61. The average Bonchev–Trinajstić information content (AvgIpc) is 3.06. The van der Waals surface area contributed by atoms with Gasteiger partial charge in [-0.05, 0) is 85.1 Å². The summed E-state index contributed by atoms with van der Waals surface area (Å²) in [5.74, 6) is 0.721. The Labute approximate surface area is 184 Å². The molecule has 4 unspecified atom stereocenters. The summed E-state index contributed by atoms with van der Waals surface area (Å²) in [7, 11) is 0. The number of benzene rings is 1. The van der Waals surface area contributed by atoms with E-state index in [1.165, 1.54) is 22.1 Å². The first-order valence-corrected chi connectivity index (χ1v) is 11.8. The van der Waals surface area contributed by atoms with Crippen LogP contribution in [0.3, 0.4) is 0 Å². The first-order valence-electron chi connectivity index (χ1n) is 11.8. The molecule has 3 heteroatoms. The van der Waals surface area contributed by atoms with E-state index >= 15 is 0 Å². The van der Waals surface area contributed by atoms with Gasteiger partial charge in [0.2, 0.25) is 0 Å². The van der Waals surface area contributed by atoms with Crippen LogP contribution in [0.25, 0.3) is 16.3 Å². The summed E-state index contributed by atoms with van der Waals surface area (Å²) in [6.45, 7) is 2.35. The van der Waals surface area contributed by atoms with Gasteiger partial charge in [-0.1, -0.05) is 42.9 Å². The van der Waals surface area contributed by atoms with E-state index in [9.17, 15) is 10.2 Å². The topological polar surface area (TPSA) is 53.4 Å². The molecule has 2 N–H and O–H groups in total. The predicted molar refractivity (Wildman–Crippen MR) is 124 cm³/mol. The number of fused-ring (bicyclic) bond motifs is 5. The Hall–Kier alpha value is -2.23. The molecule has 1 aromatic heterocycles. The van der Waals surface area contributed by atoms with Gasteiger partial charge in [0.15, 0.2) is 0 Å². The van der Waals surface area contributed by atoms with Crippen molar-refractivity contribution >= 4 is 16.3 Å². The number of pyridine rings is 1. The lowest BCUT2D eigenvalue weighted by Crippen LogP contribution is -2.48. The van der Waals surface area contributed by atoms with Gasteiger partial charge in [0, 0.05) is 29.1 Å². The highest BCUT2D eigenvalue weighted by atomic mass is 16.3. The van der Waals surface area contributed by atoms with Crippen LogP contribution in [-0.4, -0.2) is 26.9 Å². The smallest absolute Gasteiger partial charge is 0.0933 e. The van der Waals surface area contributed by atoms with E-state index in [4.69, 9.17) is 0 Å². The summed E-state index contributed by atoms with van der Waals surface area (Å²) >= 11 is 0. The molecule has 1 fully saturated rings. The number of aliphatic hydroxyl groups excluding tert-OH is 1. The second kappa shape index (κ2) is 6.88. The fourth-order valence-electron chi connectivity index (χ4n) is 7.01. The molecule has 5 atom stereocenters. The van der Waals surface area contributed by atoms with Gasteiger partial charge in [-0.3, -0.25) is 4.98 Å². The predicted octanol–water partition coefficient (Wildman–Crippen LogP) is 5.59. The summed E-state index contributed by atoms with van der Waals surface area (Å²) in [6, 6.07) is 8.75. The second-order valence-electron chi connectivity index (χ2n) is 10.4. The van der Waals surface area contributed by atoms with Crippen LogP contribution < -0.4 is 0 Å². The van der Waals surface area contributed by atoms with Crippen molar-refractivity contribution < 1.29 is 10.2 Å². The largest absolute Gasteiger partial charge is 0.393 e. The maximum atomic E-state index is 12.1. The van der Waals surface area contributed by atoms with Crippen molar-refractivity contribution in [2.75, 3.05) is 0 Å². The summed E-state index contributed by atoms with van der Waals surface area (Å²) in [4.78, 5) is 4.24. The van der Waals surface area contributed by atoms with Gasteiger partial charge in [0.05, 0.1) is 11.7 Å². The summed E-state index contributed by atoms with van der Waals surface area (Å²) in [5, 5.41) is 24.7. The average molecular weight is 414 g/mol. The molecule has 1 aromatic carbocycles. The lowest BCUT2D eigenvalue weighted by atomic mass is 9.58. The molecule has 6 rings (SSSR count). The molecule has 1 heterocycles. The maximum Gasteiger partial charge on any atom is 0.0933 e. The van der Waals surface area contributed by atoms with Crippen LogP contribution in [0.1, 0.15) is 57.4 Å². The number of allylic oxidation sites excluding steroid dienone is 3. The molecule has 4 aliphatic carbocycles. The van der Waals surface area contributed by atoms with Gasteiger partial charge in [0.1, 0.15) is 0 Å². The maximum absolute atomic E-state index is 12.1. The Morgan fingerprint density at radius 1 is 1.06 bits per heavy atom. The quantitative estimate of drug-likeness (QED) is 0.641. The molecular formula is C28H31NO2. The molecule has 4 aliphatic rings. The van der Waals surface area contributed by atoms with Gasteiger partial charge in [0.25, 0.3) is 0 Å². The van der Waals surface area contributed by atoms with Crippen LogP contribution in [0.15, 0.2) is 66.0 Å². The molecule has 160 valence electrons. The minimum Gasteiger partial charge on any atom is -0.393 e. The standard InChI is InChI=1S/C28H31NO2/c1-27-11-9-23-15-22-16-24(30)5-4-18(22)8-12-28(23,31)26(27)7-6-25(27)20-2-3-21-17-29-13-10-19(21)14-20/h2-3,6,9-10,13-15,17-18,24,26,30-31H,4-5,7-8,11-12,16H2,1H3/t18?,24?,26?,27?,28-/m1/s1. The fraction of sp³-hybridized carbons (Fsp3) is 0.464. The zero-order chi connectivity index (χ0) is 21.2. The highest BCUT2D eigenvalue weighted by molar-refractivity contribution is 5.87. The summed E-state index contributed by atoms with van der Waals surface area (Å²) in [5.41, 5.74) is 4.28. The molecule has 2 aromatic rings. The van der Waals surface area contributed by atoms with Crippen LogP contribution in [0, 0.1) is 17.3 Å². The van der Waals surface area contributed by atoms with Crippen LogP contribution in [0.5, 0.6) is 0 Å². The molecule has 0 saturated heterocycles. The number of aliphatic hydroxyl groups is 2. The van der Waals surface area contributed by atoms with Gasteiger partial charge >= 0.3 is 0 Å². The summed E-state index contributed by atoms with van der Waals surface area (Å²) < 4.78 is 0. The first kappa shape index (κ1) is 19.5. The Balaban J connectivity index is 1.38. The number of hydrogen-bond donors (Lipinski definition) is 2. The monoisotopic (exact) mass is 413 g/mol. The Bertz CT molecular complexity index is 1140. The molecule has 31 heavy (non-hydrogen) atoms. The number of nitrogens with zero attached hydrogens (tertiary/aromatic N) is 1. The normalized spacial score (nSPS) is 37.1. The third-order valence-electron chi connectivity index (χ3n) is 8.77. The van der Waals surface area contributed by atoms with E-state index in [-0.39, 0.29) is 17.4 Å². The molecule has 0 bridgehead atoms. The molecular weight excluding hydrogens is 382 g/mol. The SMILES string of the molecule is CC12CC=C3C=C4CC(O)CCC4CC[C@]3(O)C1CC=C2c1ccc2cnccc2c1. The van der Waals surface area contributed by atoms with Crippen LogP contribution in [0.2, 0.25) is 0 Å². The van der Waals surface area contributed by atoms with Crippen molar-refractivity contribution in [2.45, 2.75) is 63.6 Å². The highest BCUT2D eigenvalue weighted by Gasteiger charge is 2.55. The lowest BCUT2D eigenvalue weighted by Gasteiger charge is -2.48. The molecule has 0 spiro atoms. The molecule has 1 saturated carbocycles. The van der Waals surface area contributed by atoms with Gasteiger partial charge in [-0.15, -0.1) is 0 Å². The third kappa shape index (κ3) is 2.90. The van der Waals surface area contributed by atoms with E-state index in [2.05, 4.69) is 54.4 Å². The Kier molecular flexibility index (Phi) is 4.32. The lowest BCUT2D eigenvalue weighted by molar-refractivity contribution is -0.0330. The molecule has 3 nitrogen and oxygen atoms in total. The fourth-order valence-corrected chi connectivity index (χ4v) is 7.01. The Morgan fingerprint density at radius 3 is 2.87 bits per heavy atom. The van der Waals surface area contributed by atoms with Crippen molar-refractivity contribution in [3.8, 4) is 0 Å². The second-order valence-corrected chi connectivity index (χ2v) is 10.4. The minimum atomic E-state index is -0.776. The minimum absolute atomic E-state index is 0.0630. The van der Waals surface area contributed by atoms with E-state index < -0.39 is 5.60 Å². The van der Waals surface area contributed by atoms with Crippen LogP contribution in [-0.2, 0) is 0 Å². The van der Waals surface area contributed by atoms with Crippen molar-refractivity contribution in [1.82, 2.24) is 4.98 Å². The van der Waals surface area contributed by atoms with Crippen LogP contribution >= 0.6 is 0 Å². The van der Waals surface area contributed by atoms with E-state index in [1.54, 1.807) is 0 Å². The van der Waals surface area contributed by atoms with Crippen molar-refractivity contribution in [3.05, 3.63) is 71.6 Å². The van der Waals surface area contributed by atoms with Gasteiger partial charge in [-0.25, -0.2) is 0 Å². The number of aromatic nitrogens is 1. The number of hydrogen-bond acceptors (Lipinski definition) is 3. The zero-order valence-corrected chi connectivity index (χ0v) is 18.2. The molecule has 0 radical (unpaired) electrons. The van der Waals surface area contributed by atoms with Crippen molar-refractivity contribution in [2.24, 2.45) is 17.3 Å². The van der Waals surface area contributed by atoms with Gasteiger partial charge < -0.3 is 10.2 Å².